The molecule has 17 heavy (non-hydrogen) atoms. The van der Waals surface area contributed by atoms with E-state index in [4.69, 9.17) is 17.9 Å². The molecule has 90 valence electrons. The maximum absolute atomic E-state index is 11.9. The minimum Gasteiger partial charge on any atom is -0.399 e. The van der Waals surface area contributed by atoms with Gasteiger partial charge in [-0.2, -0.15) is 0 Å². The van der Waals surface area contributed by atoms with Crippen LogP contribution in [0.15, 0.2) is 18.2 Å². The molecule has 1 unspecified atom stereocenters. The van der Waals surface area contributed by atoms with Gasteiger partial charge in [0, 0.05) is 11.4 Å². The Morgan fingerprint density at radius 1 is 1.41 bits per heavy atom. The minimum atomic E-state index is -0.306. The maximum Gasteiger partial charge on any atom is 0.254 e. The van der Waals surface area contributed by atoms with E-state index in [0.717, 1.165) is 0 Å². The van der Waals surface area contributed by atoms with Gasteiger partial charge in [0.05, 0.1) is 11.6 Å². The highest BCUT2D eigenvalue weighted by Gasteiger charge is 2.16. The van der Waals surface area contributed by atoms with Gasteiger partial charge < -0.3 is 16.8 Å². The van der Waals surface area contributed by atoms with E-state index in [-0.39, 0.29) is 17.9 Å². The molecule has 0 aliphatic rings. The molecule has 0 bridgehead atoms. The van der Waals surface area contributed by atoms with E-state index in [0.29, 0.717) is 16.9 Å². The Hall–Kier alpha value is -2.15. The van der Waals surface area contributed by atoms with Gasteiger partial charge in [0.25, 0.3) is 5.91 Å². The zero-order valence-electron chi connectivity index (χ0n) is 10.0. The summed E-state index contributed by atoms with van der Waals surface area (Å²) in [4.78, 5) is 11.9. The number of nitrogens with one attached hydrogen (secondary N) is 1. The third-order valence-corrected chi connectivity index (χ3v) is 2.45. The second-order valence-electron chi connectivity index (χ2n) is 4.21. The lowest BCUT2D eigenvalue weighted by atomic mass is 10.0. The molecule has 0 radical (unpaired) electrons. The second-order valence-corrected chi connectivity index (χ2v) is 4.21. The summed E-state index contributed by atoms with van der Waals surface area (Å²) < 4.78 is 0. The van der Waals surface area contributed by atoms with Crippen molar-refractivity contribution in [1.82, 2.24) is 5.32 Å². The molecule has 5 N–H and O–H groups in total. The average Bonchev–Trinajstić information content (AvgIpc) is 2.24. The van der Waals surface area contributed by atoms with Crippen LogP contribution in [0.1, 0.15) is 24.2 Å². The van der Waals surface area contributed by atoms with E-state index in [9.17, 15) is 4.79 Å². The monoisotopic (exact) mass is 231 g/mol. The van der Waals surface area contributed by atoms with Crippen LogP contribution in [-0.2, 0) is 0 Å². The summed E-state index contributed by atoms with van der Waals surface area (Å²) in [7, 11) is 0. The number of terminal acetylenes is 1. The van der Waals surface area contributed by atoms with E-state index in [1.807, 2.05) is 13.8 Å². The van der Waals surface area contributed by atoms with Gasteiger partial charge in [-0.1, -0.05) is 19.8 Å². The van der Waals surface area contributed by atoms with Crippen molar-refractivity contribution < 1.29 is 4.79 Å². The molecule has 0 aromatic heterocycles. The van der Waals surface area contributed by atoms with Crippen molar-refractivity contribution in [3.63, 3.8) is 0 Å². The summed E-state index contributed by atoms with van der Waals surface area (Å²) in [5, 5.41) is 2.75. The van der Waals surface area contributed by atoms with Crippen LogP contribution >= 0.6 is 0 Å². The topological polar surface area (TPSA) is 81.1 Å². The van der Waals surface area contributed by atoms with Gasteiger partial charge >= 0.3 is 0 Å². The number of nitrogens with two attached hydrogens (primary N) is 2. The molecule has 1 rings (SSSR count). The van der Waals surface area contributed by atoms with Crippen LogP contribution < -0.4 is 16.8 Å². The van der Waals surface area contributed by atoms with Crippen molar-refractivity contribution in [3.05, 3.63) is 23.8 Å². The summed E-state index contributed by atoms with van der Waals surface area (Å²) in [5.74, 6) is 2.42. The third-order valence-electron chi connectivity index (χ3n) is 2.45. The number of nitrogen functional groups attached to an aromatic ring is 2. The Balaban J connectivity index is 2.87. The van der Waals surface area contributed by atoms with Gasteiger partial charge in [-0.15, -0.1) is 6.42 Å². The number of amides is 1. The predicted octanol–water partition coefficient (Wildman–Crippen LogP) is 1.24. The molecular weight excluding hydrogens is 214 g/mol. The molecule has 0 fully saturated rings. The number of hydrogen-bond donors (Lipinski definition) is 3. The highest BCUT2D eigenvalue weighted by Crippen LogP contribution is 2.16. The normalized spacial score (nSPS) is 11.9. The standard InChI is InChI=1S/C13H17N3O/c1-4-12(8(2)3)16-13(17)10-6-5-9(14)7-11(10)15/h1,5-8,12H,14-15H2,2-3H3,(H,16,17). The first-order chi connectivity index (χ1) is 7.95. The van der Waals surface area contributed by atoms with Gasteiger partial charge in [-0.05, 0) is 24.1 Å². The largest absolute Gasteiger partial charge is 0.399 e. The first kappa shape index (κ1) is 12.9. The molecule has 0 aliphatic heterocycles. The lowest BCUT2D eigenvalue weighted by Crippen LogP contribution is -2.37. The van der Waals surface area contributed by atoms with Crippen LogP contribution in [0.4, 0.5) is 11.4 Å². The number of anilines is 2. The zero-order valence-corrected chi connectivity index (χ0v) is 10.0. The van der Waals surface area contributed by atoms with Crippen LogP contribution in [0.2, 0.25) is 0 Å². The van der Waals surface area contributed by atoms with Crippen molar-refractivity contribution >= 4 is 17.3 Å². The van der Waals surface area contributed by atoms with Crippen LogP contribution in [-0.4, -0.2) is 11.9 Å². The van der Waals surface area contributed by atoms with Crippen LogP contribution in [0.25, 0.3) is 0 Å². The van der Waals surface area contributed by atoms with Crippen LogP contribution in [0.3, 0.4) is 0 Å². The molecule has 1 aromatic rings. The molecule has 0 spiro atoms. The smallest absolute Gasteiger partial charge is 0.254 e. The molecule has 0 saturated heterocycles. The predicted molar refractivity (Wildman–Crippen MR) is 70.2 cm³/mol. The van der Waals surface area contributed by atoms with Crippen LogP contribution in [0, 0.1) is 18.3 Å². The van der Waals surface area contributed by atoms with E-state index in [1.165, 1.54) is 0 Å². The van der Waals surface area contributed by atoms with E-state index in [2.05, 4.69) is 11.2 Å². The van der Waals surface area contributed by atoms with Gasteiger partial charge in [-0.25, -0.2) is 0 Å². The highest BCUT2D eigenvalue weighted by atomic mass is 16.1. The number of carbonyl (C=O) groups excluding carboxylic acids is 1. The zero-order chi connectivity index (χ0) is 13.0. The fraction of sp³-hybridized carbons (Fsp3) is 0.308. The number of rotatable bonds is 3. The molecule has 1 amide bonds. The molecule has 0 heterocycles. The third kappa shape index (κ3) is 3.15. The Labute approximate surface area is 101 Å². The van der Waals surface area contributed by atoms with Crippen molar-refractivity contribution in [2.45, 2.75) is 19.9 Å². The molecular formula is C13H17N3O. The van der Waals surface area contributed by atoms with Crippen molar-refractivity contribution in [1.29, 1.82) is 0 Å². The fourth-order valence-corrected chi connectivity index (χ4v) is 1.41. The van der Waals surface area contributed by atoms with E-state index < -0.39 is 0 Å². The van der Waals surface area contributed by atoms with E-state index in [1.54, 1.807) is 18.2 Å². The lowest BCUT2D eigenvalue weighted by Gasteiger charge is -2.17. The molecule has 4 nitrogen and oxygen atoms in total. The van der Waals surface area contributed by atoms with Gasteiger partial charge in [0.1, 0.15) is 0 Å². The summed E-state index contributed by atoms with van der Waals surface area (Å²) in [5.41, 5.74) is 12.5. The van der Waals surface area contributed by atoms with Crippen LogP contribution in [0.5, 0.6) is 0 Å². The number of carbonyl (C=O) groups is 1. The Morgan fingerprint density at radius 2 is 2.06 bits per heavy atom. The average molecular weight is 231 g/mol. The molecule has 1 atom stereocenters. The Bertz CT molecular complexity index is 460. The summed E-state index contributed by atoms with van der Waals surface area (Å²) in [6, 6.07) is 4.47. The van der Waals surface area contributed by atoms with E-state index >= 15 is 0 Å². The van der Waals surface area contributed by atoms with Crippen molar-refractivity contribution in [2.24, 2.45) is 5.92 Å². The number of benzene rings is 1. The summed E-state index contributed by atoms with van der Waals surface area (Å²) in [6.45, 7) is 3.88. The number of hydrogen-bond acceptors (Lipinski definition) is 3. The molecule has 0 aliphatic carbocycles. The quantitative estimate of drug-likeness (QED) is 0.540. The van der Waals surface area contributed by atoms with Gasteiger partial charge in [-0.3, -0.25) is 4.79 Å². The first-order valence-electron chi connectivity index (χ1n) is 5.37. The fourth-order valence-electron chi connectivity index (χ4n) is 1.41. The lowest BCUT2D eigenvalue weighted by molar-refractivity contribution is 0.0939. The van der Waals surface area contributed by atoms with Crippen molar-refractivity contribution in [3.8, 4) is 12.3 Å². The molecule has 0 saturated carbocycles. The maximum atomic E-state index is 11.9. The Kier molecular flexibility index (Phi) is 4.00. The SMILES string of the molecule is C#CC(NC(=O)c1ccc(N)cc1N)C(C)C. The first-order valence-corrected chi connectivity index (χ1v) is 5.37. The van der Waals surface area contributed by atoms with Gasteiger partial charge in [0.2, 0.25) is 0 Å². The van der Waals surface area contributed by atoms with Gasteiger partial charge in [0.15, 0.2) is 0 Å². The Morgan fingerprint density at radius 3 is 2.53 bits per heavy atom. The van der Waals surface area contributed by atoms with Crippen molar-refractivity contribution in [2.75, 3.05) is 11.5 Å². The molecule has 4 heteroatoms. The minimum absolute atomic E-state index is 0.166. The second kappa shape index (κ2) is 5.26. The summed E-state index contributed by atoms with van der Waals surface area (Å²) >= 11 is 0. The summed E-state index contributed by atoms with van der Waals surface area (Å²) in [6.07, 6.45) is 5.35. The molecule has 1 aromatic carbocycles. The highest BCUT2D eigenvalue weighted by molar-refractivity contribution is 6.00.